The third-order valence-corrected chi connectivity index (χ3v) is 8.76. The standard InChI is InChI=1S/C37H26ClN3O8/c38-29-14-27(30(44)15-31(29)45)35-28(17-40-41-35)19-3-1-18(2-4-19)16-39-36(46)20-5-8-23(26(11-20)37(47)48)34-24-9-6-21(42)12-32(24)49-33-13-22(43)7-10-25(33)34/h1-15,28,40,42,44-45H,16-17H2,(H,39,46)(H,47,48). The molecule has 4 aromatic carbocycles. The van der Waals surface area contributed by atoms with Crippen molar-refractivity contribution in [1.29, 1.82) is 0 Å². The summed E-state index contributed by atoms with van der Waals surface area (Å²) < 4.78 is 5.88. The van der Waals surface area contributed by atoms with E-state index in [1.165, 1.54) is 48.5 Å². The van der Waals surface area contributed by atoms with Crippen LogP contribution in [0.5, 0.6) is 17.2 Å². The Hall–Kier alpha value is -6.33. The number of carbonyl (C=O) groups excluding carboxylic acids is 1. The van der Waals surface area contributed by atoms with Crippen molar-refractivity contribution in [1.82, 2.24) is 10.7 Å². The Morgan fingerprint density at radius 1 is 0.878 bits per heavy atom. The van der Waals surface area contributed by atoms with Crippen molar-refractivity contribution in [3.8, 4) is 39.7 Å². The molecule has 3 aliphatic rings. The number of fused-ring (bicyclic) bond motifs is 2. The van der Waals surface area contributed by atoms with Gasteiger partial charge in [0.05, 0.1) is 16.3 Å². The summed E-state index contributed by atoms with van der Waals surface area (Å²) in [5.74, 6) is -2.16. The highest BCUT2D eigenvalue weighted by Gasteiger charge is 2.28. The molecule has 49 heavy (non-hydrogen) atoms. The van der Waals surface area contributed by atoms with Gasteiger partial charge in [0.2, 0.25) is 0 Å². The number of nitrogens with zero attached hydrogens (tertiary/aromatic N) is 1. The Morgan fingerprint density at radius 2 is 1.65 bits per heavy atom. The van der Waals surface area contributed by atoms with Gasteiger partial charge in [0, 0.05) is 64.8 Å². The van der Waals surface area contributed by atoms with E-state index in [4.69, 9.17) is 16.0 Å². The maximum absolute atomic E-state index is 13.2. The molecule has 12 heteroatoms. The Balaban J connectivity index is 1.13. The van der Waals surface area contributed by atoms with E-state index in [9.17, 15) is 34.8 Å². The van der Waals surface area contributed by atoms with Crippen molar-refractivity contribution < 1.29 is 34.4 Å². The number of hydrogen-bond acceptors (Lipinski definition) is 9. The number of amides is 1. The van der Waals surface area contributed by atoms with E-state index in [0.29, 0.717) is 39.9 Å². The number of hydrazone groups is 1. The van der Waals surface area contributed by atoms with Crippen LogP contribution in [-0.4, -0.2) is 44.6 Å². The molecule has 1 unspecified atom stereocenters. The molecule has 0 radical (unpaired) electrons. The maximum Gasteiger partial charge on any atom is 0.336 e. The molecule has 244 valence electrons. The van der Waals surface area contributed by atoms with Crippen molar-refractivity contribution in [3.63, 3.8) is 0 Å². The number of carboxylic acid groups (broad SMARTS) is 1. The summed E-state index contributed by atoms with van der Waals surface area (Å²) in [5.41, 5.74) is 6.86. The molecule has 1 aliphatic carbocycles. The first-order valence-corrected chi connectivity index (χ1v) is 15.4. The molecule has 2 aliphatic heterocycles. The van der Waals surface area contributed by atoms with Crippen LogP contribution in [0, 0.1) is 0 Å². The Morgan fingerprint density at radius 3 is 2.43 bits per heavy atom. The van der Waals surface area contributed by atoms with Crippen LogP contribution in [0.1, 0.15) is 43.3 Å². The van der Waals surface area contributed by atoms with Crippen LogP contribution >= 0.6 is 11.6 Å². The summed E-state index contributed by atoms with van der Waals surface area (Å²) in [6, 6.07) is 23.2. The first-order chi connectivity index (χ1) is 23.6. The Labute approximate surface area is 282 Å². The number of aromatic hydroxyl groups is 3. The maximum atomic E-state index is 13.2. The van der Waals surface area contributed by atoms with Gasteiger partial charge in [-0.3, -0.25) is 9.59 Å². The highest BCUT2D eigenvalue weighted by Crippen LogP contribution is 2.42. The number of nitrogens with one attached hydrogen (secondary N) is 2. The molecule has 0 saturated heterocycles. The van der Waals surface area contributed by atoms with Gasteiger partial charge in [-0.1, -0.05) is 41.9 Å². The molecule has 6 N–H and O–H groups in total. The summed E-state index contributed by atoms with van der Waals surface area (Å²) in [4.78, 5) is 37.9. The van der Waals surface area contributed by atoms with Gasteiger partial charge in [0.1, 0.15) is 28.6 Å². The topological polar surface area (TPSA) is 182 Å². The van der Waals surface area contributed by atoms with Crippen LogP contribution in [-0.2, 0) is 6.54 Å². The molecule has 1 amide bonds. The summed E-state index contributed by atoms with van der Waals surface area (Å²) in [7, 11) is 0. The molecule has 7 rings (SSSR count). The molecule has 0 spiro atoms. The minimum atomic E-state index is -1.26. The van der Waals surface area contributed by atoms with Crippen LogP contribution in [0.3, 0.4) is 0 Å². The Kier molecular flexibility index (Phi) is 7.89. The lowest BCUT2D eigenvalue weighted by atomic mass is 9.89. The zero-order valence-corrected chi connectivity index (χ0v) is 26.2. The van der Waals surface area contributed by atoms with Crippen LogP contribution in [0.15, 0.2) is 105 Å². The summed E-state index contributed by atoms with van der Waals surface area (Å²) in [5, 5.41) is 48.3. The molecular weight excluding hydrogens is 650 g/mol. The second-order valence-corrected chi connectivity index (χ2v) is 11.9. The minimum absolute atomic E-state index is 0.0613. The third-order valence-electron chi connectivity index (χ3n) is 8.46. The largest absolute Gasteiger partial charge is 0.508 e. The van der Waals surface area contributed by atoms with Crippen LogP contribution in [0.25, 0.3) is 33.4 Å². The molecule has 1 atom stereocenters. The number of rotatable bonds is 7. The summed E-state index contributed by atoms with van der Waals surface area (Å²) >= 11 is 6.07. The number of hydrogen-bond donors (Lipinski definition) is 6. The lowest BCUT2D eigenvalue weighted by Gasteiger charge is -2.17. The van der Waals surface area contributed by atoms with Gasteiger partial charge in [-0.25, -0.2) is 4.79 Å². The zero-order chi connectivity index (χ0) is 34.4. The predicted octanol–water partition coefficient (Wildman–Crippen LogP) is 6.05. The average molecular weight is 676 g/mol. The average Bonchev–Trinajstić information content (AvgIpc) is 3.57. The number of halogens is 1. The molecule has 0 saturated carbocycles. The highest BCUT2D eigenvalue weighted by molar-refractivity contribution is 6.32. The van der Waals surface area contributed by atoms with Crippen molar-refractivity contribution in [3.05, 3.63) is 134 Å². The normalized spacial score (nSPS) is 14.1. The van der Waals surface area contributed by atoms with E-state index in [2.05, 4.69) is 15.8 Å². The van der Waals surface area contributed by atoms with Gasteiger partial charge < -0.3 is 35.6 Å². The summed E-state index contributed by atoms with van der Waals surface area (Å²) in [6.45, 7) is 0.648. The second-order valence-electron chi connectivity index (χ2n) is 11.5. The number of benzene rings is 5. The van der Waals surface area contributed by atoms with E-state index in [0.717, 1.165) is 11.1 Å². The van der Waals surface area contributed by atoms with Gasteiger partial charge in [-0.15, -0.1) is 0 Å². The molecule has 2 heterocycles. The zero-order valence-electron chi connectivity index (χ0n) is 25.4. The molecule has 0 fully saturated rings. The molecule has 0 aromatic heterocycles. The van der Waals surface area contributed by atoms with Gasteiger partial charge in [-0.05, 0) is 59.2 Å². The van der Waals surface area contributed by atoms with Crippen molar-refractivity contribution in [2.45, 2.75) is 12.5 Å². The second kappa shape index (κ2) is 12.4. The fraction of sp³-hybridized carbons (Fsp3) is 0.0811. The predicted molar refractivity (Wildman–Crippen MR) is 183 cm³/mol. The first-order valence-electron chi connectivity index (χ1n) is 15.0. The van der Waals surface area contributed by atoms with E-state index >= 15 is 0 Å². The smallest absolute Gasteiger partial charge is 0.336 e. The van der Waals surface area contributed by atoms with Crippen LogP contribution in [0.4, 0.5) is 0 Å². The number of carbonyl (C=O) groups is 2. The van der Waals surface area contributed by atoms with Crippen molar-refractivity contribution in [2.75, 3.05) is 6.54 Å². The number of aromatic carboxylic acids is 1. The van der Waals surface area contributed by atoms with Gasteiger partial charge in [-0.2, -0.15) is 5.10 Å². The minimum Gasteiger partial charge on any atom is -0.508 e. The number of phenolic OH excluding ortho intramolecular Hbond substituents is 3. The highest BCUT2D eigenvalue weighted by atomic mass is 35.5. The lowest BCUT2D eigenvalue weighted by molar-refractivity contribution is 0.0697. The number of carboxylic acids is 1. The fourth-order valence-electron chi connectivity index (χ4n) is 6.06. The quantitative estimate of drug-likeness (QED) is 0.110. The van der Waals surface area contributed by atoms with Crippen LogP contribution < -0.4 is 16.2 Å². The number of phenols is 3. The summed E-state index contributed by atoms with van der Waals surface area (Å²) in [6.07, 6.45) is 0. The SMILES string of the molecule is O=C(NCc1ccc(C2CNN=C2c2cc(Cl)c(O)cc2O)cc1)c1ccc(-c2c3ccc(=O)cc-3oc3cc(O)ccc23)c(C(=O)O)c1. The Bertz CT molecular complexity index is 2370. The van der Waals surface area contributed by atoms with Gasteiger partial charge in [0.25, 0.3) is 5.91 Å². The molecule has 0 bridgehead atoms. The van der Waals surface area contributed by atoms with Gasteiger partial charge in [0.15, 0.2) is 5.43 Å². The van der Waals surface area contributed by atoms with Crippen molar-refractivity contribution in [2.24, 2.45) is 5.10 Å². The van der Waals surface area contributed by atoms with E-state index in [1.807, 2.05) is 24.3 Å². The van der Waals surface area contributed by atoms with Crippen LogP contribution in [0.2, 0.25) is 5.02 Å². The monoisotopic (exact) mass is 675 g/mol. The molecule has 4 aromatic rings. The van der Waals surface area contributed by atoms with E-state index in [1.54, 1.807) is 18.2 Å². The third kappa shape index (κ3) is 5.87. The van der Waals surface area contributed by atoms with E-state index < -0.39 is 11.9 Å². The van der Waals surface area contributed by atoms with Gasteiger partial charge >= 0.3 is 5.97 Å². The van der Waals surface area contributed by atoms with E-state index in [-0.39, 0.29) is 62.6 Å². The fourth-order valence-corrected chi connectivity index (χ4v) is 6.22. The molecule has 11 nitrogen and oxygen atoms in total. The van der Waals surface area contributed by atoms with Crippen molar-refractivity contribution >= 4 is 40.2 Å². The molecular formula is C37H26ClN3O8. The lowest BCUT2D eigenvalue weighted by Crippen LogP contribution is -2.23. The first kappa shape index (κ1) is 31.3.